The van der Waals surface area contributed by atoms with Crippen LogP contribution < -0.4 is 0 Å². The first kappa shape index (κ1) is 16.8. The summed E-state index contributed by atoms with van der Waals surface area (Å²) in [6, 6.07) is 4.85. The van der Waals surface area contributed by atoms with E-state index in [0.717, 1.165) is 5.56 Å². The van der Waals surface area contributed by atoms with Crippen molar-refractivity contribution in [2.75, 3.05) is 0 Å². The molecule has 1 aliphatic carbocycles. The van der Waals surface area contributed by atoms with E-state index in [1.54, 1.807) is 19.1 Å². The fourth-order valence-electron chi connectivity index (χ4n) is 3.41. The second kappa shape index (κ2) is 5.51. The van der Waals surface area contributed by atoms with Crippen LogP contribution in [0.5, 0.6) is 0 Å². The van der Waals surface area contributed by atoms with Crippen molar-refractivity contribution in [1.29, 1.82) is 0 Å². The van der Waals surface area contributed by atoms with E-state index in [-0.39, 0.29) is 11.3 Å². The number of rotatable bonds is 2. The highest BCUT2D eigenvalue weighted by Gasteiger charge is 2.67. The first-order valence-corrected chi connectivity index (χ1v) is 9.70. The van der Waals surface area contributed by atoms with Gasteiger partial charge >= 0.3 is 11.8 Å². The summed E-state index contributed by atoms with van der Waals surface area (Å²) in [5, 5.41) is 0. The third-order valence-corrected chi connectivity index (χ3v) is 7.42. The molecular weight excluding hydrogens is 392 g/mol. The summed E-state index contributed by atoms with van der Waals surface area (Å²) in [4.78, 5) is 11.5. The second-order valence-corrected chi connectivity index (χ2v) is 9.07. The SMILES string of the molecule is Cc1ccc(S(=O)(=O)N2C(=O)C(F)(F)[C@@H]3[C@@H](Br)CCC[C@@H]32)cc1. The first-order chi connectivity index (χ1) is 10.7. The van der Waals surface area contributed by atoms with Gasteiger partial charge in [-0.15, -0.1) is 0 Å². The van der Waals surface area contributed by atoms with Crippen LogP contribution in [-0.2, 0) is 14.8 Å². The van der Waals surface area contributed by atoms with Crippen molar-refractivity contribution in [1.82, 2.24) is 4.31 Å². The van der Waals surface area contributed by atoms with E-state index in [1.165, 1.54) is 12.1 Å². The number of benzene rings is 1. The highest BCUT2D eigenvalue weighted by molar-refractivity contribution is 9.09. The number of alkyl halides is 3. The van der Waals surface area contributed by atoms with Crippen LogP contribution in [0.4, 0.5) is 8.78 Å². The summed E-state index contributed by atoms with van der Waals surface area (Å²) in [5.74, 6) is -6.60. The highest BCUT2D eigenvalue weighted by atomic mass is 79.9. The predicted octanol–water partition coefficient (Wildman–Crippen LogP) is 3.09. The largest absolute Gasteiger partial charge is 0.331 e. The number of aryl methyl sites for hydroxylation is 1. The molecule has 1 aliphatic heterocycles. The lowest BCUT2D eigenvalue weighted by Crippen LogP contribution is -2.43. The Balaban J connectivity index is 2.08. The van der Waals surface area contributed by atoms with Crippen LogP contribution in [0.15, 0.2) is 29.2 Å². The number of nitrogens with zero attached hydrogens (tertiary/aromatic N) is 1. The molecule has 1 saturated carbocycles. The summed E-state index contributed by atoms with van der Waals surface area (Å²) >= 11 is 3.20. The van der Waals surface area contributed by atoms with Crippen molar-refractivity contribution < 1.29 is 22.0 Å². The van der Waals surface area contributed by atoms with Gasteiger partial charge in [0.2, 0.25) is 0 Å². The molecule has 1 heterocycles. The van der Waals surface area contributed by atoms with Gasteiger partial charge in [-0.1, -0.05) is 40.0 Å². The van der Waals surface area contributed by atoms with E-state index >= 15 is 0 Å². The Kier molecular flexibility index (Phi) is 4.03. The lowest BCUT2D eigenvalue weighted by Gasteiger charge is -2.33. The zero-order valence-electron chi connectivity index (χ0n) is 12.4. The molecule has 0 unspecified atom stereocenters. The van der Waals surface area contributed by atoms with Crippen LogP contribution >= 0.6 is 15.9 Å². The number of sulfonamides is 1. The third-order valence-electron chi connectivity index (χ3n) is 4.57. The lowest BCUT2D eigenvalue weighted by molar-refractivity contribution is -0.148. The number of fused-ring (bicyclic) bond motifs is 1. The average molecular weight is 408 g/mol. The van der Waals surface area contributed by atoms with Crippen LogP contribution in [-0.4, -0.2) is 35.4 Å². The van der Waals surface area contributed by atoms with Crippen molar-refractivity contribution in [3.63, 3.8) is 0 Å². The Morgan fingerprint density at radius 1 is 1.22 bits per heavy atom. The molecule has 23 heavy (non-hydrogen) atoms. The van der Waals surface area contributed by atoms with Gasteiger partial charge in [-0.2, -0.15) is 8.78 Å². The van der Waals surface area contributed by atoms with Crippen LogP contribution in [0.25, 0.3) is 0 Å². The molecule has 3 atom stereocenters. The average Bonchev–Trinajstić information content (AvgIpc) is 2.68. The minimum absolute atomic E-state index is 0.135. The molecule has 0 bridgehead atoms. The third kappa shape index (κ3) is 2.50. The van der Waals surface area contributed by atoms with E-state index in [9.17, 15) is 22.0 Å². The summed E-state index contributed by atoms with van der Waals surface area (Å²) in [6.45, 7) is 1.79. The molecule has 126 valence electrons. The predicted molar refractivity (Wildman–Crippen MR) is 84.0 cm³/mol. The van der Waals surface area contributed by atoms with Crippen LogP contribution in [0, 0.1) is 12.8 Å². The maximum Gasteiger partial charge on any atom is 0.331 e. The van der Waals surface area contributed by atoms with Gasteiger partial charge in [0.05, 0.1) is 16.9 Å². The van der Waals surface area contributed by atoms with Gasteiger partial charge in [-0.05, 0) is 31.9 Å². The Hall–Kier alpha value is -1.02. The normalized spacial score (nSPS) is 30.3. The molecule has 4 nitrogen and oxygen atoms in total. The molecule has 1 amide bonds. The Morgan fingerprint density at radius 2 is 1.83 bits per heavy atom. The Morgan fingerprint density at radius 3 is 2.43 bits per heavy atom. The lowest BCUT2D eigenvalue weighted by atomic mass is 9.83. The number of carbonyl (C=O) groups is 1. The first-order valence-electron chi connectivity index (χ1n) is 7.35. The van der Waals surface area contributed by atoms with Gasteiger partial charge in [0.1, 0.15) is 0 Å². The minimum atomic E-state index is -4.29. The molecular formula is C15H16BrF2NO3S. The van der Waals surface area contributed by atoms with Crippen molar-refractivity contribution >= 4 is 31.9 Å². The molecule has 1 saturated heterocycles. The zero-order valence-corrected chi connectivity index (χ0v) is 14.8. The fourth-order valence-corrected chi connectivity index (χ4v) is 6.05. The minimum Gasteiger partial charge on any atom is -0.267 e. The molecule has 0 spiro atoms. The molecule has 1 aromatic rings. The standard InChI is InChI=1S/C15H16BrF2NO3S/c1-9-5-7-10(8-6-9)23(21,22)19-12-4-2-3-11(16)13(12)15(17,18)14(19)20/h5-8,11-13H,2-4H2,1H3/t11-,12-,13+/m0/s1. The fraction of sp³-hybridized carbons (Fsp3) is 0.533. The molecule has 2 fully saturated rings. The maximum atomic E-state index is 14.4. The number of hydrogen-bond acceptors (Lipinski definition) is 3. The number of hydrogen-bond donors (Lipinski definition) is 0. The quantitative estimate of drug-likeness (QED) is 0.707. The molecule has 1 aromatic carbocycles. The van der Waals surface area contributed by atoms with Crippen LogP contribution in [0.2, 0.25) is 0 Å². The van der Waals surface area contributed by atoms with Crippen LogP contribution in [0.1, 0.15) is 24.8 Å². The van der Waals surface area contributed by atoms with Gasteiger partial charge in [-0.25, -0.2) is 12.7 Å². The molecule has 8 heteroatoms. The van der Waals surface area contributed by atoms with Crippen molar-refractivity contribution in [3.8, 4) is 0 Å². The molecule has 0 aromatic heterocycles. The summed E-state index contributed by atoms with van der Waals surface area (Å²) < 4.78 is 54.7. The zero-order chi connectivity index (χ0) is 17.0. The van der Waals surface area contributed by atoms with Gasteiger partial charge in [0.15, 0.2) is 0 Å². The van der Waals surface area contributed by atoms with Gasteiger partial charge < -0.3 is 0 Å². The van der Waals surface area contributed by atoms with E-state index in [0.29, 0.717) is 17.1 Å². The van der Waals surface area contributed by atoms with E-state index in [1.807, 2.05) is 0 Å². The van der Waals surface area contributed by atoms with Gasteiger partial charge in [0, 0.05) is 4.83 Å². The van der Waals surface area contributed by atoms with E-state index in [4.69, 9.17) is 0 Å². The number of halogens is 3. The number of carbonyl (C=O) groups excluding carboxylic acids is 1. The topological polar surface area (TPSA) is 54.5 Å². The van der Waals surface area contributed by atoms with Crippen LogP contribution in [0.3, 0.4) is 0 Å². The van der Waals surface area contributed by atoms with Gasteiger partial charge in [0.25, 0.3) is 10.0 Å². The van der Waals surface area contributed by atoms with Gasteiger partial charge in [-0.3, -0.25) is 4.79 Å². The second-order valence-electron chi connectivity index (χ2n) is 6.08. The molecule has 0 N–H and O–H groups in total. The van der Waals surface area contributed by atoms with E-state index < -0.39 is 38.6 Å². The highest BCUT2D eigenvalue weighted by Crippen LogP contribution is 2.50. The Labute approximate surface area is 142 Å². The summed E-state index contributed by atoms with van der Waals surface area (Å²) in [6.07, 6.45) is 1.36. The molecule has 0 radical (unpaired) electrons. The smallest absolute Gasteiger partial charge is 0.267 e. The van der Waals surface area contributed by atoms with Crippen molar-refractivity contribution in [2.24, 2.45) is 5.92 Å². The summed E-state index contributed by atoms with van der Waals surface area (Å²) in [7, 11) is -4.29. The summed E-state index contributed by atoms with van der Waals surface area (Å²) in [5.41, 5.74) is 0.845. The number of amides is 1. The van der Waals surface area contributed by atoms with E-state index in [2.05, 4.69) is 15.9 Å². The maximum absolute atomic E-state index is 14.4. The van der Waals surface area contributed by atoms with Crippen molar-refractivity contribution in [2.45, 2.75) is 47.9 Å². The molecule has 2 aliphatic rings. The molecule has 3 rings (SSSR count). The van der Waals surface area contributed by atoms with Crippen molar-refractivity contribution in [3.05, 3.63) is 29.8 Å². The Bertz CT molecular complexity index is 736. The monoisotopic (exact) mass is 407 g/mol.